The molecule has 0 aliphatic carbocycles. The van der Waals surface area contributed by atoms with Gasteiger partial charge in [-0.2, -0.15) is 0 Å². The first kappa shape index (κ1) is 25.7. The maximum absolute atomic E-state index is 12.6. The first-order valence-corrected chi connectivity index (χ1v) is 13.4. The molecule has 37 heavy (non-hydrogen) atoms. The Morgan fingerprint density at radius 3 is 1.59 bits per heavy atom. The van der Waals surface area contributed by atoms with Crippen LogP contribution in [0.15, 0.2) is 138 Å². The maximum Gasteiger partial charge on any atom is 0.412 e. The maximum atomic E-state index is 12.6. The first-order chi connectivity index (χ1) is 18.1. The van der Waals surface area contributed by atoms with Gasteiger partial charge in [-0.05, 0) is 5.56 Å². The zero-order chi connectivity index (χ0) is 25.9. The average Bonchev–Trinajstić information content (AvgIpc) is 2.97. The Morgan fingerprint density at radius 2 is 1.16 bits per heavy atom. The molecule has 0 atom stereocenters. The van der Waals surface area contributed by atoms with Crippen LogP contribution in [0.4, 0.5) is 4.79 Å². The fraction of sp³-hybridized carbons (Fsp3) is 0.0667. The van der Waals surface area contributed by atoms with Crippen LogP contribution in [-0.4, -0.2) is 19.2 Å². The standard InChI is InChI=1S/C30H27N2O4P/c1-35-29(33)28(32-30(34)36-23-24-14-6-2-7-15-24)22-31-37(25-16-8-3-9-17-25,26-18-10-4-11-19-26)27-20-12-5-13-21-27/h2-22H,23H2,1H3,(H,32,34)/b28-22-. The van der Waals surface area contributed by atoms with Gasteiger partial charge in [0.15, 0.2) is 0 Å². The lowest BCUT2D eigenvalue weighted by atomic mass is 10.2. The van der Waals surface area contributed by atoms with Crippen LogP contribution in [-0.2, 0) is 20.9 Å². The van der Waals surface area contributed by atoms with E-state index in [4.69, 9.17) is 14.2 Å². The van der Waals surface area contributed by atoms with Gasteiger partial charge in [-0.25, -0.2) is 9.59 Å². The molecule has 1 N–H and O–H groups in total. The first-order valence-electron chi connectivity index (χ1n) is 11.7. The summed E-state index contributed by atoms with van der Waals surface area (Å²) in [5.41, 5.74) is 0.709. The number of methoxy groups -OCH3 is 1. The summed E-state index contributed by atoms with van der Waals surface area (Å²) in [5.74, 6) is -0.729. The molecule has 4 aromatic carbocycles. The van der Waals surface area contributed by atoms with Crippen LogP contribution in [0.1, 0.15) is 5.56 Å². The minimum Gasteiger partial charge on any atom is -0.464 e. The third kappa shape index (κ3) is 6.24. The molecule has 0 heterocycles. The van der Waals surface area contributed by atoms with Crippen LogP contribution >= 0.6 is 7.05 Å². The summed E-state index contributed by atoms with van der Waals surface area (Å²) in [4.78, 5) is 25.2. The summed E-state index contributed by atoms with van der Waals surface area (Å²) < 4.78 is 15.3. The summed E-state index contributed by atoms with van der Waals surface area (Å²) in [5, 5.41) is 5.51. The van der Waals surface area contributed by atoms with E-state index < -0.39 is 19.1 Å². The smallest absolute Gasteiger partial charge is 0.412 e. The fourth-order valence-corrected chi connectivity index (χ4v) is 7.23. The molecule has 4 aromatic rings. The topological polar surface area (TPSA) is 77.0 Å². The lowest BCUT2D eigenvalue weighted by molar-refractivity contribution is -0.136. The number of amides is 1. The van der Waals surface area contributed by atoms with E-state index in [0.29, 0.717) is 0 Å². The second kappa shape index (κ2) is 12.5. The molecular formula is C30H27N2O4P. The molecule has 0 bridgehead atoms. The molecule has 0 aromatic heterocycles. The summed E-state index contributed by atoms with van der Waals surface area (Å²) >= 11 is 0. The number of hydrogen-bond donors (Lipinski definition) is 1. The highest BCUT2D eigenvalue weighted by atomic mass is 31.2. The quantitative estimate of drug-likeness (QED) is 0.203. The minimum atomic E-state index is -2.62. The summed E-state index contributed by atoms with van der Waals surface area (Å²) in [7, 11) is -1.36. The molecule has 0 saturated carbocycles. The van der Waals surface area contributed by atoms with Crippen molar-refractivity contribution in [2.75, 3.05) is 7.11 Å². The Bertz CT molecular complexity index is 1300. The zero-order valence-corrected chi connectivity index (χ0v) is 21.3. The number of ether oxygens (including phenoxy) is 2. The number of carbonyl (C=O) groups excluding carboxylic acids is 2. The molecule has 0 aliphatic rings. The molecule has 0 saturated heterocycles. The number of esters is 1. The number of carbonyl (C=O) groups is 2. The Kier molecular flexibility index (Phi) is 8.69. The predicted octanol–water partition coefficient (Wildman–Crippen LogP) is 5.10. The van der Waals surface area contributed by atoms with E-state index in [1.807, 2.05) is 121 Å². The number of benzene rings is 4. The van der Waals surface area contributed by atoms with Gasteiger partial charge in [-0.1, -0.05) is 121 Å². The van der Waals surface area contributed by atoms with E-state index in [9.17, 15) is 9.59 Å². The van der Waals surface area contributed by atoms with Crippen molar-refractivity contribution in [2.24, 2.45) is 4.74 Å². The van der Waals surface area contributed by atoms with Crippen LogP contribution < -0.4 is 21.2 Å². The highest BCUT2D eigenvalue weighted by Crippen LogP contribution is 2.46. The summed E-state index contributed by atoms with van der Waals surface area (Å²) in [6.45, 7) is 0.0628. The molecule has 7 heteroatoms. The van der Waals surface area contributed by atoms with Crippen molar-refractivity contribution in [3.05, 3.63) is 139 Å². The van der Waals surface area contributed by atoms with E-state index >= 15 is 0 Å². The fourth-order valence-electron chi connectivity index (χ4n) is 3.84. The van der Waals surface area contributed by atoms with Crippen molar-refractivity contribution in [2.45, 2.75) is 6.61 Å². The lowest BCUT2D eigenvalue weighted by Gasteiger charge is -2.26. The Labute approximate surface area is 216 Å². The minimum absolute atomic E-state index is 0.0628. The van der Waals surface area contributed by atoms with Crippen LogP contribution in [0.25, 0.3) is 0 Å². The van der Waals surface area contributed by atoms with Crippen molar-refractivity contribution in [1.82, 2.24) is 5.32 Å². The molecular weight excluding hydrogens is 483 g/mol. The second-order valence-electron chi connectivity index (χ2n) is 7.98. The van der Waals surface area contributed by atoms with Gasteiger partial charge in [-0.3, -0.25) is 10.1 Å². The van der Waals surface area contributed by atoms with Crippen molar-refractivity contribution >= 4 is 35.0 Å². The molecule has 1 amide bonds. The van der Waals surface area contributed by atoms with Gasteiger partial charge in [0.05, 0.1) is 20.4 Å². The van der Waals surface area contributed by atoms with Crippen molar-refractivity contribution < 1.29 is 19.1 Å². The van der Waals surface area contributed by atoms with E-state index in [2.05, 4.69) is 5.32 Å². The molecule has 0 fully saturated rings. The van der Waals surface area contributed by atoms with Gasteiger partial charge >= 0.3 is 12.1 Å². The third-order valence-corrected chi connectivity index (χ3v) is 9.20. The van der Waals surface area contributed by atoms with E-state index in [1.54, 1.807) is 0 Å². The second-order valence-corrected chi connectivity index (χ2v) is 11.0. The number of rotatable bonds is 8. The zero-order valence-electron chi connectivity index (χ0n) is 20.4. The van der Waals surface area contributed by atoms with Crippen LogP contribution in [0.3, 0.4) is 0 Å². The normalized spacial score (nSPS) is 11.3. The van der Waals surface area contributed by atoms with E-state index in [-0.39, 0.29) is 12.3 Å². The molecule has 4 rings (SSSR count). The largest absolute Gasteiger partial charge is 0.464 e. The molecule has 0 aliphatic heterocycles. The number of nitrogens with one attached hydrogen (secondary N) is 1. The molecule has 0 radical (unpaired) electrons. The Balaban J connectivity index is 1.81. The van der Waals surface area contributed by atoms with Gasteiger partial charge in [-0.15, -0.1) is 0 Å². The predicted molar refractivity (Wildman–Crippen MR) is 147 cm³/mol. The molecule has 0 unspecified atom stereocenters. The lowest BCUT2D eigenvalue weighted by Crippen LogP contribution is -2.29. The van der Waals surface area contributed by atoms with Crippen molar-refractivity contribution in [3.8, 4) is 0 Å². The highest BCUT2D eigenvalue weighted by Gasteiger charge is 2.27. The highest BCUT2D eigenvalue weighted by molar-refractivity contribution is 7.87. The van der Waals surface area contributed by atoms with Gasteiger partial charge in [0, 0.05) is 15.9 Å². The summed E-state index contributed by atoms with van der Waals surface area (Å²) in [6.07, 6.45) is 0.606. The Hall–Kier alpha value is -4.41. The van der Waals surface area contributed by atoms with Gasteiger partial charge in [0.25, 0.3) is 0 Å². The van der Waals surface area contributed by atoms with Gasteiger partial charge < -0.3 is 9.47 Å². The Morgan fingerprint density at radius 1 is 0.730 bits per heavy atom. The van der Waals surface area contributed by atoms with Gasteiger partial charge in [0.1, 0.15) is 12.3 Å². The molecule has 186 valence electrons. The number of alkyl carbamates (subject to hydrolysis) is 1. The third-order valence-electron chi connectivity index (χ3n) is 5.60. The molecule has 6 nitrogen and oxygen atoms in total. The van der Waals surface area contributed by atoms with Crippen molar-refractivity contribution in [1.29, 1.82) is 0 Å². The average molecular weight is 511 g/mol. The summed E-state index contributed by atoms with van der Waals surface area (Å²) in [6, 6.07) is 39.1. The van der Waals surface area contributed by atoms with E-state index in [0.717, 1.165) is 21.5 Å². The molecule has 0 spiro atoms. The monoisotopic (exact) mass is 510 g/mol. The number of hydrogen-bond acceptors (Lipinski definition) is 5. The number of nitrogens with zero attached hydrogens (tertiary/aromatic N) is 1. The van der Waals surface area contributed by atoms with Crippen molar-refractivity contribution in [3.63, 3.8) is 0 Å². The van der Waals surface area contributed by atoms with Crippen LogP contribution in [0.2, 0.25) is 0 Å². The van der Waals surface area contributed by atoms with Crippen LogP contribution in [0.5, 0.6) is 0 Å². The van der Waals surface area contributed by atoms with Gasteiger partial charge in [0.2, 0.25) is 0 Å². The van der Waals surface area contributed by atoms with Crippen LogP contribution in [0, 0.1) is 0 Å². The SMILES string of the molecule is COC(=O)/C(=C/N=P(c1ccccc1)(c1ccccc1)c1ccccc1)NC(=O)OCc1ccccc1. The van der Waals surface area contributed by atoms with E-state index in [1.165, 1.54) is 13.3 Å².